The lowest BCUT2D eigenvalue weighted by Gasteiger charge is -2.29. The van der Waals surface area contributed by atoms with Crippen LogP contribution in [0.4, 0.5) is 0 Å². The summed E-state index contributed by atoms with van der Waals surface area (Å²) >= 11 is 0. The van der Waals surface area contributed by atoms with Crippen molar-refractivity contribution < 1.29 is 4.79 Å². The van der Waals surface area contributed by atoms with E-state index in [-0.39, 0.29) is 11.9 Å². The molecular formula is C14H28N2O. The van der Waals surface area contributed by atoms with E-state index in [1.165, 1.54) is 38.5 Å². The van der Waals surface area contributed by atoms with Crippen molar-refractivity contribution in [3.05, 3.63) is 0 Å². The van der Waals surface area contributed by atoms with E-state index in [0.29, 0.717) is 0 Å². The molecule has 2 atom stereocenters. The van der Waals surface area contributed by atoms with Crippen LogP contribution >= 0.6 is 0 Å². The van der Waals surface area contributed by atoms with Crippen LogP contribution < -0.4 is 10.6 Å². The number of carbonyl (C=O) groups excluding carboxylic acids is 1. The van der Waals surface area contributed by atoms with Gasteiger partial charge < -0.3 is 10.6 Å². The molecular weight excluding hydrogens is 212 g/mol. The molecule has 1 fully saturated rings. The van der Waals surface area contributed by atoms with Crippen LogP contribution in [-0.4, -0.2) is 25.0 Å². The van der Waals surface area contributed by atoms with Crippen LogP contribution in [0.1, 0.15) is 58.8 Å². The Morgan fingerprint density at radius 3 is 2.82 bits per heavy atom. The Hall–Kier alpha value is -0.570. The van der Waals surface area contributed by atoms with E-state index < -0.39 is 0 Å². The molecule has 100 valence electrons. The van der Waals surface area contributed by atoms with Crippen molar-refractivity contribution in [2.75, 3.05) is 13.1 Å². The molecule has 0 aromatic carbocycles. The standard InChI is InChI=1S/C14H28N2O/c1-3-5-6-7-8-12-9-10-16-13(11-12)14(17)15-4-2/h12-13,16H,3-11H2,1-2H3,(H,15,17). The van der Waals surface area contributed by atoms with Gasteiger partial charge in [0.25, 0.3) is 0 Å². The first kappa shape index (κ1) is 14.5. The van der Waals surface area contributed by atoms with Crippen molar-refractivity contribution in [3.8, 4) is 0 Å². The third-order valence-corrected chi connectivity index (χ3v) is 3.65. The van der Waals surface area contributed by atoms with Crippen LogP contribution in [0.5, 0.6) is 0 Å². The predicted octanol–water partition coefficient (Wildman–Crippen LogP) is 2.46. The molecule has 1 rings (SSSR count). The normalized spacial score (nSPS) is 24.6. The largest absolute Gasteiger partial charge is 0.355 e. The maximum Gasteiger partial charge on any atom is 0.237 e. The molecule has 2 N–H and O–H groups in total. The van der Waals surface area contributed by atoms with Crippen LogP contribution in [0.2, 0.25) is 0 Å². The van der Waals surface area contributed by atoms with Crippen molar-refractivity contribution in [1.82, 2.24) is 10.6 Å². The maximum absolute atomic E-state index is 11.7. The molecule has 1 aliphatic rings. The minimum Gasteiger partial charge on any atom is -0.355 e. The molecule has 2 unspecified atom stereocenters. The number of piperidine rings is 1. The van der Waals surface area contributed by atoms with Crippen molar-refractivity contribution in [2.45, 2.75) is 64.8 Å². The zero-order chi connectivity index (χ0) is 12.5. The fraction of sp³-hybridized carbons (Fsp3) is 0.929. The highest BCUT2D eigenvalue weighted by Gasteiger charge is 2.25. The zero-order valence-electron chi connectivity index (χ0n) is 11.4. The first-order valence-corrected chi connectivity index (χ1v) is 7.29. The van der Waals surface area contributed by atoms with Crippen LogP contribution in [0.3, 0.4) is 0 Å². The summed E-state index contributed by atoms with van der Waals surface area (Å²) < 4.78 is 0. The first-order valence-electron chi connectivity index (χ1n) is 7.29. The Morgan fingerprint density at radius 2 is 2.12 bits per heavy atom. The molecule has 17 heavy (non-hydrogen) atoms. The third-order valence-electron chi connectivity index (χ3n) is 3.65. The predicted molar refractivity (Wildman–Crippen MR) is 72.0 cm³/mol. The van der Waals surface area contributed by atoms with E-state index in [9.17, 15) is 4.79 Å². The Bertz CT molecular complexity index is 218. The second-order valence-electron chi connectivity index (χ2n) is 5.14. The molecule has 0 aromatic heterocycles. The van der Waals surface area contributed by atoms with Gasteiger partial charge in [0.2, 0.25) is 5.91 Å². The van der Waals surface area contributed by atoms with Gasteiger partial charge in [-0.15, -0.1) is 0 Å². The van der Waals surface area contributed by atoms with Gasteiger partial charge in [0.1, 0.15) is 0 Å². The maximum atomic E-state index is 11.7. The van der Waals surface area contributed by atoms with Gasteiger partial charge in [-0.05, 0) is 32.2 Å². The summed E-state index contributed by atoms with van der Waals surface area (Å²) in [4.78, 5) is 11.7. The fourth-order valence-corrected chi connectivity index (χ4v) is 2.62. The third kappa shape index (κ3) is 5.53. The minimum atomic E-state index is 0.0554. The van der Waals surface area contributed by atoms with Crippen LogP contribution in [-0.2, 0) is 4.79 Å². The average molecular weight is 240 g/mol. The molecule has 1 aliphatic heterocycles. The highest BCUT2D eigenvalue weighted by Crippen LogP contribution is 2.22. The molecule has 0 saturated carbocycles. The molecule has 1 heterocycles. The minimum absolute atomic E-state index is 0.0554. The summed E-state index contributed by atoms with van der Waals surface area (Å²) in [5.41, 5.74) is 0. The Labute approximate surface area is 106 Å². The smallest absolute Gasteiger partial charge is 0.237 e. The number of nitrogens with one attached hydrogen (secondary N) is 2. The van der Waals surface area contributed by atoms with Crippen LogP contribution in [0.25, 0.3) is 0 Å². The SMILES string of the molecule is CCCCCCC1CCNC(C(=O)NCC)C1. The molecule has 1 saturated heterocycles. The van der Waals surface area contributed by atoms with E-state index in [2.05, 4.69) is 17.6 Å². The molecule has 3 nitrogen and oxygen atoms in total. The second-order valence-corrected chi connectivity index (χ2v) is 5.14. The van der Waals surface area contributed by atoms with Crippen molar-refractivity contribution in [2.24, 2.45) is 5.92 Å². The molecule has 0 bridgehead atoms. The monoisotopic (exact) mass is 240 g/mol. The van der Waals surface area contributed by atoms with Crippen molar-refractivity contribution in [1.29, 1.82) is 0 Å². The molecule has 0 radical (unpaired) electrons. The molecule has 0 spiro atoms. The van der Waals surface area contributed by atoms with Gasteiger partial charge in [-0.25, -0.2) is 0 Å². The van der Waals surface area contributed by atoms with E-state index in [4.69, 9.17) is 0 Å². The van der Waals surface area contributed by atoms with E-state index in [0.717, 1.165) is 25.4 Å². The Morgan fingerprint density at radius 1 is 1.29 bits per heavy atom. The zero-order valence-corrected chi connectivity index (χ0v) is 11.4. The Balaban J connectivity index is 2.21. The number of amides is 1. The Kier molecular flexibility index (Phi) is 7.25. The van der Waals surface area contributed by atoms with Gasteiger partial charge >= 0.3 is 0 Å². The summed E-state index contributed by atoms with van der Waals surface area (Å²) in [5.74, 6) is 0.937. The molecule has 3 heteroatoms. The number of unbranched alkanes of at least 4 members (excludes halogenated alkanes) is 3. The van der Waals surface area contributed by atoms with Gasteiger partial charge in [0, 0.05) is 6.54 Å². The van der Waals surface area contributed by atoms with Gasteiger partial charge in [-0.3, -0.25) is 4.79 Å². The average Bonchev–Trinajstić information content (AvgIpc) is 2.35. The number of hydrogen-bond donors (Lipinski definition) is 2. The highest BCUT2D eigenvalue weighted by atomic mass is 16.2. The van der Waals surface area contributed by atoms with Crippen molar-refractivity contribution >= 4 is 5.91 Å². The molecule has 1 amide bonds. The summed E-state index contributed by atoms with van der Waals surface area (Å²) in [6, 6.07) is 0.0554. The van der Waals surface area contributed by atoms with Crippen LogP contribution in [0.15, 0.2) is 0 Å². The van der Waals surface area contributed by atoms with Gasteiger partial charge in [0.05, 0.1) is 6.04 Å². The number of carbonyl (C=O) groups is 1. The van der Waals surface area contributed by atoms with E-state index in [1.807, 2.05) is 6.92 Å². The number of likely N-dealkylation sites (N-methyl/N-ethyl adjacent to an activating group) is 1. The van der Waals surface area contributed by atoms with Crippen LogP contribution in [0, 0.1) is 5.92 Å². The summed E-state index contributed by atoms with van der Waals surface area (Å²) in [6.45, 7) is 5.96. The molecule has 0 aliphatic carbocycles. The lowest BCUT2D eigenvalue weighted by atomic mass is 9.87. The fourth-order valence-electron chi connectivity index (χ4n) is 2.62. The topological polar surface area (TPSA) is 41.1 Å². The number of hydrogen-bond acceptors (Lipinski definition) is 2. The summed E-state index contributed by atoms with van der Waals surface area (Å²) in [7, 11) is 0. The lowest BCUT2D eigenvalue weighted by Crippen LogP contribution is -2.48. The first-order chi connectivity index (χ1) is 8.27. The van der Waals surface area contributed by atoms with Gasteiger partial charge in [0.15, 0.2) is 0 Å². The second kappa shape index (κ2) is 8.51. The van der Waals surface area contributed by atoms with Crippen molar-refractivity contribution in [3.63, 3.8) is 0 Å². The number of rotatable bonds is 7. The van der Waals surface area contributed by atoms with Gasteiger partial charge in [-0.1, -0.05) is 39.0 Å². The van der Waals surface area contributed by atoms with E-state index >= 15 is 0 Å². The summed E-state index contributed by atoms with van der Waals surface area (Å²) in [6.07, 6.45) is 8.91. The summed E-state index contributed by atoms with van der Waals surface area (Å²) in [5, 5.41) is 6.23. The molecule has 0 aromatic rings. The van der Waals surface area contributed by atoms with E-state index in [1.54, 1.807) is 0 Å². The lowest BCUT2D eigenvalue weighted by molar-refractivity contribution is -0.124. The van der Waals surface area contributed by atoms with Gasteiger partial charge in [-0.2, -0.15) is 0 Å². The highest BCUT2D eigenvalue weighted by molar-refractivity contribution is 5.81. The quantitative estimate of drug-likeness (QED) is 0.671.